The summed E-state index contributed by atoms with van der Waals surface area (Å²) in [4.78, 5) is 19.2. The normalized spacial score (nSPS) is 16.7. The van der Waals surface area contributed by atoms with Crippen LogP contribution in [0.5, 0.6) is 0 Å². The van der Waals surface area contributed by atoms with Crippen molar-refractivity contribution in [2.24, 2.45) is 5.73 Å². The van der Waals surface area contributed by atoms with Gasteiger partial charge < -0.3 is 10.6 Å². The molecule has 2 N–H and O–H groups in total. The minimum Gasteiger partial charge on any atom is -0.339 e. The first kappa shape index (κ1) is 17.6. The van der Waals surface area contributed by atoms with Gasteiger partial charge in [0.25, 0.3) is 5.91 Å². The lowest BCUT2D eigenvalue weighted by molar-refractivity contribution is 0.0711. The molecule has 2 aromatic rings. The van der Waals surface area contributed by atoms with Crippen molar-refractivity contribution >= 4 is 5.91 Å². The molecule has 3 rings (SSSR count). The fourth-order valence-corrected chi connectivity index (χ4v) is 3.60. The van der Waals surface area contributed by atoms with Gasteiger partial charge in [0.1, 0.15) is 0 Å². The number of aryl methyl sites for hydroxylation is 1. The monoisotopic (exact) mass is 337 g/mol. The quantitative estimate of drug-likeness (QED) is 0.926. The Balaban J connectivity index is 1.67. The van der Waals surface area contributed by atoms with Crippen LogP contribution in [0.15, 0.2) is 42.6 Å². The van der Waals surface area contributed by atoms with Gasteiger partial charge in [-0.15, -0.1) is 0 Å². The lowest BCUT2D eigenvalue weighted by Crippen LogP contribution is -2.38. The molecule has 4 heteroatoms. The lowest BCUT2D eigenvalue weighted by atomic mass is 9.87. The molecule has 1 saturated heterocycles. The van der Waals surface area contributed by atoms with Gasteiger partial charge in [-0.3, -0.25) is 9.78 Å². The first-order valence-electron chi connectivity index (χ1n) is 9.18. The van der Waals surface area contributed by atoms with Crippen LogP contribution in [0.3, 0.4) is 0 Å². The van der Waals surface area contributed by atoms with Crippen LogP contribution in [0.1, 0.15) is 65.8 Å². The molecular weight excluding hydrogens is 310 g/mol. The Hall–Kier alpha value is -2.20. The van der Waals surface area contributed by atoms with Crippen LogP contribution >= 0.6 is 0 Å². The van der Waals surface area contributed by atoms with Crippen molar-refractivity contribution in [1.29, 1.82) is 0 Å². The van der Waals surface area contributed by atoms with Crippen LogP contribution in [0.25, 0.3) is 0 Å². The van der Waals surface area contributed by atoms with E-state index >= 15 is 0 Å². The van der Waals surface area contributed by atoms with E-state index in [0.717, 1.165) is 43.6 Å². The van der Waals surface area contributed by atoms with Gasteiger partial charge in [-0.05, 0) is 55.4 Å². The average molecular weight is 337 g/mol. The van der Waals surface area contributed by atoms with Gasteiger partial charge in [0, 0.05) is 25.3 Å². The van der Waals surface area contributed by atoms with Crippen molar-refractivity contribution < 1.29 is 4.79 Å². The highest BCUT2D eigenvalue weighted by Crippen LogP contribution is 2.30. The molecule has 0 spiro atoms. The third-order valence-electron chi connectivity index (χ3n) is 5.15. The number of hydrogen-bond donors (Lipinski definition) is 1. The number of piperidine rings is 1. The number of pyridine rings is 1. The second-order valence-corrected chi connectivity index (χ2v) is 6.88. The molecule has 1 fully saturated rings. The number of amides is 1. The Labute approximate surface area is 150 Å². The molecule has 0 radical (unpaired) electrons. The highest BCUT2D eigenvalue weighted by molar-refractivity contribution is 5.95. The Morgan fingerprint density at radius 1 is 1.28 bits per heavy atom. The van der Waals surface area contributed by atoms with E-state index in [1.165, 1.54) is 11.1 Å². The van der Waals surface area contributed by atoms with Crippen LogP contribution in [0, 0.1) is 0 Å². The van der Waals surface area contributed by atoms with Crippen molar-refractivity contribution in [1.82, 2.24) is 9.88 Å². The zero-order chi connectivity index (χ0) is 17.8. The predicted octanol–water partition coefficient (Wildman–Crippen LogP) is 3.68. The summed E-state index contributed by atoms with van der Waals surface area (Å²) in [6, 6.07) is 12.4. The molecule has 0 saturated carbocycles. The number of carbonyl (C=O) groups excluding carboxylic acids is 1. The van der Waals surface area contributed by atoms with Gasteiger partial charge in [0.05, 0.1) is 11.3 Å². The van der Waals surface area contributed by atoms with Gasteiger partial charge in [0.15, 0.2) is 0 Å². The molecular formula is C21H27N3O. The van der Waals surface area contributed by atoms with Crippen LogP contribution in [0.4, 0.5) is 0 Å². The summed E-state index contributed by atoms with van der Waals surface area (Å²) in [7, 11) is 0. The summed E-state index contributed by atoms with van der Waals surface area (Å²) in [6.45, 7) is 5.64. The standard InChI is InChI=1S/C21H27N3O/c1-3-20-19(8-5-11-23-20)21(25)24-12-9-16(10-13-24)18-7-4-6-17(14-18)15(2)22/h4-8,11,14-16H,3,9-10,12-13,22H2,1-2H3. The highest BCUT2D eigenvalue weighted by atomic mass is 16.2. The minimum absolute atomic E-state index is 0.0552. The maximum absolute atomic E-state index is 12.8. The Kier molecular flexibility index (Phi) is 5.49. The number of nitrogens with two attached hydrogens (primary N) is 1. The fraction of sp³-hybridized carbons (Fsp3) is 0.429. The zero-order valence-electron chi connectivity index (χ0n) is 15.1. The summed E-state index contributed by atoms with van der Waals surface area (Å²) < 4.78 is 0. The SMILES string of the molecule is CCc1ncccc1C(=O)N1CCC(c2cccc(C(C)N)c2)CC1. The number of benzene rings is 1. The van der Waals surface area contributed by atoms with E-state index in [0.29, 0.717) is 5.92 Å². The van der Waals surface area contributed by atoms with E-state index in [1.807, 2.05) is 30.9 Å². The number of rotatable bonds is 4. The largest absolute Gasteiger partial charge is 0.339 e. The molecule has 1 aromatic carbocycles. The van der Waals surface area contributed by atoms with Crippen molar-refractivity contribution in [3.8, 4) is 0 Å². The number of aromatic nitrogens is 1. The van der Waals surface area contributed by atoms with E-state index in [2.05, 4.69) is 29.2 Å². The molecule has 0 aliphatic carbocycles. The molecule has 25 heavy (non-hydrogen) atoms. The van der Waals surface area contributed by atoms with Crippen LogP contribution in [-0.2, 0) is 6.42 Å². The van der Waals surface area contributed by atoms with E-state index in [-0.39, 0.29) is 11.9 Å². The molecule has 4 nitrogen and oxygen atoms in total. The van der Waals surface area contributed by atoms with Crippen molar-refractivity contribution in [2.45, 2.75) is 45.1 Å². The number of carbonyl (C=O) groups is 1. The second-order valence-electron chi connectivity index (χ2n) is 6.88. The number of hydrogen-bond acceptors (Lipinski definition) is 3. The van der Waals surface area contributed by atoms with Gasteiger partial charge >= 0.3 is 0 Å². The molecule has 0 bridgehead atoms. The first-order chi connectivity index (χ1) is 12.1. The van der Waals surface area contributed by atoms with Crippen molar-refractivity contribution in [3.05, 3.63) is 65.0 Å². The third-order valence-corrected chi connectivity index (χ3v) is 5.15. The lowest BCUT2D eigenvalue weighted by Gasteiger charge is -2.33. The van der Waals surface area contributed by atoms with Crippen molar-refractivity contribution in [3.63, 3.8) is 0 Å². The number of likely N-dealkylation sites (tertiary alicyclic amines) is 1. The Morgan fingerprint density at radius 3 is 2.72 bits per heavy atom. The molecule has 1 aromatic heterocycles. The van der Waals surface area contributed by atoms with Gasteiger partial charge in [-0.25, -0.2) is 0 Å². The fourth-order valence-electron chi connectivity index (χ4n) is 3.60. The summed E-state index contributed by atoms with van der Waals surface area (Å²) in [6.07, 6.45) is 4.53. The molecule has 132 valence electrons. The molecule has 1 unspecified atom stereocenters. The summed E-state index contributed by atoms with van der Waals surface area (Å²) in [5.74, 6) is 0.620. The predicted molar refractivity (Wildman–Crippen MR) is 101 cm³/mol. The summed E-state index contributed by atoms with van der Waals surface area (Å²) in [5.41, 5.74) is 10.2. The Morgan fingerprint density at radius 2 is 2.04 bits per heavy atom. The summed E-state index contributed by atoms with van der Waals surface area (Å²) >= 11 is 0. The first-order valence-corrected chi connectivity index (χ1v) is 9.18. The molecule has 1 aliphatic heterocycles. The maximum atomic E-state index is 12.8. The third kappa shape index (κ3) is 3.90. The minimum atomic E-state index is 0.0552. The molecule has 1 amide bonds. The van der Waals surface area contributed by atoms with Crippen LogP contribution in [0.2, 0.25) is 0 Å². The number of nitrogens with zero attached hydrogens (tertiary/aromatic N) is 2. The highest BCUT2D eigenvalue weighted by Gasteiger charge is 2.26. The van der Waals surface area contributed by atoms with Crippen LogP contribution in [-0.4, -0.2) is 28.9 Å². The van der Waals surface area contributed by atoms with Gasteiger partial charge in [0.2, 0.25) is 0 Å². The van der Waals surface area contributed by atoms with E-state index in [1.54, 1.807) is 6.20 Å². The zero-order valence-corrected chi connectivity index (χ0v) is 15.1. The van der Waals surface area contributed by atoms with E-state index in [4.69, 9.17) is 5.73 Å². The van der Waals surface area contributed by atoms with Gasteiger partial charge in [-0.1, -0.05) is 31.2 Å². The van der Waals surface area contributed by atoms with E-state index in [9.17, 15) is 4.79 Å². The average Bonchev–Trinajstić information content (AvgIpc) is 2.67. The summed E-state index contributed by atoms with van der Waals surface area (Å²) in [5, 5.41) is 0. The molecule has 1 atom stereocenters. The smallest absolute Gasteiger partial charge is 0.255 e. The topological polar surface area (TPSA) is 59.2 Å². The molecule has 1 aliphatic rings. The Bertz CT molecular complexity index is 733. The van der Waals surface area contributed by atoms with Crippen molar-refractivity contribution in [2.75, 3.05) is 13.1 Å². The van der Waals surface area contributed by atoms with Gasteiger partial charge in [-0.2, -0.15) is 0 Å². The maximum Gasteiger partial charge on any atom is 0.255 e. The van der Waals surface area contributed by atoms with Crippen LogP contribution < -0.4 is 5.73 Å². The molecule has 2 heterocycles. The van der Waals surface area contributed by atoms with E-state index < -0.39 is 0 Å². The second kappa shape index (κ2) is 7.79.